The van der Waals surface area contributed by atoms with Gasteiger partial charge in [-0.1, -0.05) is 0 Å². The normalized spacial score (nSPS) is 17.4. The van der Waals surface area contributed by atoms with Gasteiger partial charge in [0.15, 0.2) is 5.82 Å². The lowest BCUT2D eigenvalue weighted by Crippen LogP contribution is -2.41. The van der Waals surface area contributed by atoms with Gasteiger partial charge in [0.25, 0.3) is 5.91 Å². The Morgan fingerprint density at radius 1 is 1.54 bits per heavy atom. The number of nitrogens with one attached hydrogen (secondary N) is 1. The molecule has 70 valence electrons. The van der Waals surface area contributed by atoms with Crippen molar-refractivity contribution in [2.75, 3.05) is 26.3 Å². The Morgan fingerprint density at radius 3 is 2.92 bits per heavy atom. The quantitative estimate of drug-likeness (QED) is 0.657. The zero-order chi connectivity index (χ0) is 9.10. The van der Waals surface area contributed by atoms with Crippen molar-refractivity contribution in [1.29, 1.82) is 0 Å². The van der Waals surface area contributed by atoms with Crippen molar-refractivity contribution in [2.45, 2.75) is 0 Å². The molecule has 1 amide bonds. The van der Waals surface area contributed by atoms with Crippen LogP contribution >= 0.6 is 0 Å². The van der Waals surface area contributed by atoms with Crippen LogP contribution in [0.5, 0.6) is 0 Å². The first kappa shape index (κ1) is 8.25. The van der Waals surface area contributed by atoms with E-state index in [-0.39, 0.29) is 5.91 Å². The molecule has 1 saturated heterocycles. The minimum atomic E-state index is -0.0479. The van der Waals surface area contributed by atoms with Gasteiger partial charge in [-0.05, 0) is 0 Å². The standard InChI is InChI=1S/C8H11N3O2/c12-8(7-9-1-2-10-7)11-3-5-13-6-4-11/h1-2H,3-6H2,(H,9,10). The van der Waals surface area contributed by atoms with E-state index in [1.165, 1.54) is 0 Å². The Labute approximate surface area is 75.7 Å². The number of hydrogen-bond donors (Lipinski definition) is 1. The molecule has 1 aromatic heterocycles. The molecule has 0 bridgehead atoms. The Bertz CT molecular complexity index is 278. The van der Waals surface area contributed by atoms with Gasteiger partial charge in [-0.2, -0.15) is 0 Å². The predicted octanol–water partition coefficient (Wildman–Crippen LogP) is -0.118. The summed E-state index contributed by atoms with van der Waals surface area (Å²) in [6, 6.07) is 0. The summed E-state index contributed by atoms with van der Waals surface area (Å²) >= 11 is 0. The highest BCUT2D eigenvalue weighted by Gasteiger charge is 2.19. The van der Waals surface area contributed by atoms with Gasteiger partial charge < -0.3 is 14.6 Å². The molecular weight excluding hydrogens is 170 g/mol. The van der Waals surface area contributed by atoms with Crippen molar-refractivity contribution in [1.82, 2.24) is 14.9 Å². The molecule has 0 unspecified atom stereocenters. The number of aromatic amines is 1. The minimum Gasteiger partial charge on any atom is -0.378 e. The number of carbonyl (C=O) groups is 1. The average Bonchev–Trinajstić information content (AvgIpc) is 2.71. The summed E-state index contributed by atoms with van der Waals surface area (Å²) in [6.07, 6.45) is 3.22. The molecule has 0 saturated carbocycles. The Kier molecular flexibility index (Phi) is 2.27. The van der Waals surface area contributed by atoms with E-state index >= 15 is 0 Å². The summed E-state index contributed by atoms with van der Waals surface area (Å²) in [5.74, 6) is 0.357. The maximum atomic E-state index is 11.6. The minimum absolute atomic E-state index is 0.0479. The first-order valence-electron chi connectivity index (χ1n) is 4.24. The number of nitrogens with zero attached hydrogens (tertiary/aromatic N) is 2. The molecule has 1 aliphatic rings. The van der Waals surface area contributed by atoms with Crippen LogP contribution in [0.4, 0.5) is 0 Å². The molecule has 1 aliphatic heterocycles. The summed E-state index contributed by atoms with van der Waals surface area (Å²) in [6.45, 7) is 2.54. The number of rotatable bonds is 1. The molecule has 0 radical (unpaired) electrons. The molecule has 13 heavy (non-hydrogen) atoms. The zero-order valence-corrected chi connectivity index (χ0v) is 7.19. The van der Waals surface area contributed by atoms with Gasteiger partial charge >= 0.3 is 0 Å². The first-order chi connectivity index (χ1) is 6.38. The molecule has 1 fully saturated rings. The molecule has 0 spiro atoms. The largest absolute Gasteiger partial charge is 0.378 e. The van der Waals surface area contributed by atoms with Gasteiger partial charge in [-0.15, -0.1) is 0 Å². The van der Waals surface area contributed by atoms with Crippen molar-refractivity contribution >= 4 is 5.91 Å². The van der Waals surface area contributed by atoms with E-state index in [1.54, 1.807) is 17.3 Å². The molecule has 5 nitrogen and oxygen atoms in total. The third-order valence-electron chi connectivity index (χ3n) is 2.00. The van der Waals surface area contributed by atoms with Gasteiger partial charge in [-0.25, -0.2) is 4.98 Å². The second kappa shape index (κ2) is 3.57. The third kappa shape index (κ3) is 1.70. The molecule has 0 aromatic carbocycles. The number of amides is 1. The summed E-state index contributed by atoms with van der Waals surface area (Å²) in [5.41, 5.74) is 0. The average molecular weight is 181 g/mol. The van der Waals surface area contributed by atoms with Gasteiger partial charge in [0.1, 0.15) is 0 Å². The lowest BCUT2D eigenvalue weighted by atomic mass is 10.4. The Hall–Kier alpha value is -1.36. The zero-order valence-electron chi connectivity index (χ0n) is 7.19. The van der Waals surface area contributed by atoms with Gasteiger partial charge in [0.05, 0.1) is 13.2 Å². The van der Waals surface area contributed by atoms with Gasteiger partial charge in [0.2, 0.25) is 0 Å². The van der Waals surface area contributed by atoms with Crippen LogP contribution in [-0.2, 0) is 4.74 Å². The van der Waals surface area contributed by atoms with Crippen LogP contribution in [-0.4, -0.2) is 47.1 Å². The smallest absolute Gasteiger partial charge is 0.289 e. The van der Waals surface area contributed by atoms with Gasteiger partial charge in [0, 0.05) is 25.5 Å². The van der Waals surface area contributed by atoms with Crippen LogP contribution in [0.2, 0.25) is 0 Å². The Balaban J connectivity index is 2.04. The summed E-state index contributed by atoms with van der Waals surface area (Å²) in [7, 11) is 0. The van der Waals surface area contributed by atoms with Crippen LogP contribution in [0.3, 0.4) is 0 Å². The second-order valence-electron chi connectivity index (χ2n) is 2.84. The number of carbonyl (C=O) groups excluding carboxylic acids is 1. The molecule has 2 rings (SSSR count). The summed E-state index contributed by atoms with van der Waals surface area (Å²) in [4.78, 5) is 20.1. The monoisotopic (exact) mass is 181 g/mol. The van der Waals surface area contributed by atoms with Crippen molar-refractivity contribution in [2.24, 2.45) is 0 Å². The number of morpholine rings is 1. The molecule has 0 atom stereocenters. The van der Waals surface area contributed by atoms with E-state index in [1.807, 2.05) is 0 Å². The first-order valence-corrected chi connectivity index (χ1v) is 4.24. The lowest BCUT2D eigenvalue weighted by molar-refractivity contribution is 0.0295. The fourth-order valence-corrected chi connectivity index (χ4v) is 1.30. The van der Waals surface area contributed by atoms with Crippen LogP contribution in [0.25, 0.3) is 0 Å². The maximum Gasteiger partial charge on any atom is 0.289 e. The number of aromatic nitrogens is 2. The predicted molar refractivity (Wildman–Crippen MR) is 45.3 cm³/mol. The van der Waals surface area contributed by atoms with Crippen molar-refractivity contribution in [3.63, 3.8) is 0 Å². The Morgan fingerprint density at radius 2 is 2.31 bits per heavy atom. The van der Waals surface area contributed by atoms with Crippen LogP contribution in [0.15, 0.2) is 12.4 Å². The number of H-pyrrole nitrogens is 1. The van der Waals surface area contributed by atoms with E-state index < -0.39 is 0 Å². The summed E-state index contributed by atoms with van der Waals surface area (Å²) in [5, 5.41) is 0. The SMILES string of the molecule is O=C(c1ncc[nH]1)N1CCOCC1. The van der Waals surface area contributed by atoms with E-state index in [9.17, 15) is 4.79 Å². The number of imidazole rings is 1. The van der Waals surface area contributed by atoms with E-state index in [2.05, 4.69) is 9.97 Å². The lowest BCUT2D eigenvalue weighted by Gasteiger charge is -2.25. The topological polar surface area (TPSA) is 58.2 Å². The van der Waals surface area contributed by atoms with E-state index in [0.29, 0.717) is 32.1 Å². The third-order valence-corrected chi connectivity index (χ3v) is 2.00. The highest BCUT2D eigenvalue weighted by Crippen LogP contribution is 2.02. The second-order valence-corrected chi connectivity index (χ2v) is 2.84. The van der Waals surface area contributed by atoms with E-state index in [0.717, 1.165) is 0 Å². The highest BCUT2D eigenvalue weighted by molar-refractivity contribution is 5.90. The number of ether oxygens (including phenoxy) is 1. The van der Waals surface area contributed by atoms with Crippen molar-refractivity contribution in [3.05, 3.63) is 18.2 Å². The van der Waals surface area contributed by atoms with Crippen LogP contribution < -0.4 is 0 Å². The van der Waals surface area contributed by atoms with Crippen LogP contribution in [0.1, 0.15) is 10.6 Å². The van der Waals surface area contributed by atoms with Crippen LogP contribution in [0, 0.1) is 0 Å². The van der Waals surface area contributed by atoms with Crippen molar-refractivity contribution in [3.8, 4) is 0 Å². The molecule has 0 aliphatic carbocycles. The maximum absolute atomic E-state index is 11.6. The molecule has 5 heteroatoms. The fraction of sp³-hybridized carbons (Fsp3) is 0.500. The molecule has 2 heterocycles. The van der Waals surface area contributed by atoms with Gasteiger partial charge in [-0.3, -0.25) is 4.79 Å². The molecular formula is C8H11N3O2. The molecule has 1 N–H and O–H groups in total. The molecule has 1 aromatic rings. The van der Waals surface area contributed by atoms with E-state index in [4.69, 9.17) is 4.74 Å². The van der Waals surface area contributed by atoms with Crippen molar-refractivity contribution < 1.29 is 9.53 Å². The fourth-order valence-electron chi connectivity index (χ4n) is 1.30. The number of hydrogen-bond acceptors (Lipinski definition) is 3. The highest BCUT2D eigenvalue weighted by atomic mass is 16.5. The summed E-state index contributed by atoms with van der Waals surface area (Å²) < 4.78 is 5.14.